The SMILES string of the molecule is CCC(Nc1nc(C)cc(C(=O)O)n1)C(C)C. The first-order valence-electron chi connectivity index (χ1n) is 5.79. The van der Waals surface area contributed by atoms with E-state index in [0.29, 0.717) is 17.6 Å². The summed E-state index contributed by atoms with van der Waals surface area (Å²) in [5.41, 5.74) is 0.678. The highest BCUT2D eigenvalue weighted by Crippen LogP contribution is 2.12. The Kier molecular flexibility index (Phi) is 4.43. The van der Waals surface area contributed by atoms with E-state index in [1.165, 1.54) is 6.07 Å². The third-order valence-electron chi connectivity index (χ3n) is 2.63. The summed E-state index contributed by atoms with van der Waals surface area (Å²) >= 11 is 0. The normalized spacial score (nSPS) is 12.5. The summed E-state index contributed by atoms with van der Waals surface area (Å²) < 4.78 is 0. The summed E-state index contributed by atoms with van der Waals surface area (Å²) in [5, 5.41) is 12.1. The van der Waals surface area contributed by atoms with Gasteiger partial charge in [0.25, 0.3) is 0 Å². The van der Waals surface area contributed by atoms with Crippen molar-refractivity contribution in [3.05, 3.63) is 17.5 Å². The molecule has 1 rings (SSSR count). The second kappa shape index (κ2) is 5.61. The molecule has 2 N–H and O–H groups in total. The van der Waals surface area contributed by atoms with Crippen LogP contribution in [0.4, 0.5) is 5.95 Å². The predicted molar refractivity (Wildman–Crippen MR) is 66.3 cm³/mol. The maximum absolute atomic E-state index is 10.9. The summed E-state index contributed by atoms with van der Waals surface area (Å²) in [6.45, 7) is 8.05. The van der Waals surface area contributed by atoms with Crippen LogP contribution >= 0.6 is 0 Å². The van der Waals surface area contributed by atoms with Gasteiger partial charge in [-0.2, -0.15) is 0 Å². The van der Waals surface area contributed by atoms with Crippen LogP contribution in [0, 0.1) is 12.8 Å². The Hall–Kier alpha value is -1.65. The Balaban J connectivity index is 2.94. The molecule has 5 nitrogen and oxygen atoms in total. The first-order valence-corrected chi connectivity index (χ1v) is 5.79. The number of hydrogen-bond donors (Lipinski definition) is 2. The summed E-state index contributed by atoms with van der Waals surface area (Å²) in [6.07, 6.45) is 0.942. The smallest absolute Gasteiger partial charge is 0.354 e. The molecule has 1 heterocycles. The van der Waals surface area contributed by atoms with E-state index < -0.39 is 5.97 Å². The molecule has 0 spiro atoms. The molecule has 0 saturated carbocycles. The zero-order valence-electron chi connectivity index (χ0n) is 10.7. The van der Waals surface area contributed by atoms with Crippen LogP contribution in [0.5, 0.6) is 0 Å². The van der Waals surface area contributed by atoms with E-state index in [2.05, 4.69) is 36.1 Å². The topological polar surface area (TPSA) is 75.1 Å². The number of hydrogen-bond acceptors (Lipinski definition) is 4. The fourth-order valence-corrected chi connectivity index (χ4v) is 1.65. The lowest BCUT2D eigenvalue weighted by atomic mass is 10.0. The molecule has 17 heavy (non-hydrogen) atoms. The van der Waals surface area contributed by atoms with Crippen molar-refractivity contribution in [2.45, 2.75) is 40.2 Å². The molecule has 0 bridgehead atoms. The van der Waals surface area contributed by atoms with E-state index in [4.69, 9.17) is 5.11 Å². The number of aromatic nitrogens is 2. The Labute approximate surface area is 101 Å². The van der Waals surface area contributed by atoms with Crippen molar-refractivity contribution in [3.63, 3.8) is 0 Å². The average molecular weight is 237 g/mol. The lowest BCUT2D eigenvalue weighted by molar-refractivity contribution is 0.0690. The van der Waals surface area contributed by atoms with E-state index in [0.717, 1.165) is 6.42 Å². The Morgan fingerprint density at radius 3 is 2.59 bits per heavy atom. The third kappa shape index (κ3) is 3.69. The molecule has 1 unspecified atom stereocenters. The summed E-state index contributed by atoms with van der Waals surface area (Å²) in [5.74, 6) is -0.198. The molecular weight excluding hydrogens is 218 g/mol. The fourth-order valence-electron chi connectivity index (χ4n) is 1.65. The Bertz CT molecular complexity index is 405. The van der Waals surface area contributed by atoms with Gasteiger partial charge in [-0.25, -0.2) is 14.8 Å². The van der Waals surface area contributed by atoms with Gasteiger partial charge in [0.15, 0.2) is 5.69 Å². The molecule has 0 amide bonds. The minimum atomic E-state index is -1.03. The molecule has 0 aliphatic rings. The van der Waals surface area contributed by atoms with Crippen LogP contribution in [0.25, 0.3) is 0 Å². The largest absolute Gasteiger partial charge is 0.477 e. The van der Waals surface area contributed by atoms with Crippen LogP contribution in [0.15, 0.2) is 6.07 Å². The highest BCUT2D eigenvalue weighted by Gasteiger charge is 2.14. The van der Waals surface area contributed by atoms with Gasteiger partial charge >= 0.3 is 5.97 Å². The highest BCUT2D eigenvalue weighted by molar-refractivity contribution is 5.85. The van der Waals surface area contributed by atoms with Gasteiger partial charge in [-0.1, -0.05) is 20.8 Å². The zero-order chi connectivity index (χ0) is 13.0. The molecule has 1 atom stereocenters. The molecule has 0 radical (unpaired) electrons. The van der Waals surface area contributed by atoms with Crippen molar-refractivity contribution in [1.29, 1.82) is 0 Å². The summed E-state index contributed by atoms with van der Waals surface area (Å²) in [7, 11) is 0. The van der Waals surface area contributed by atoms with E-state index in [1.54, 1.807) is 6.92 Å². The van der Waals surface area contributed by atoms with Crippen molar-refractivity contribution in [2.24, 2.45) is 5.92 Å². The number of aryl methyl sites for hydroxylation is 1. The Morgan fingerprint density at radius 1 is 1.47 bits per heavy atom. The molecule has 0 fully saturated rings. The average Bonchev–Trinajstić information content (AvgIpc) is 2.24. The van der Waals surface area contributed by atoms with Gasteiger partial charge in [-0.05, 0) is 25.3 Å². The number of carboxylic acids is 1. The minimum absolute atomic E-state index is 0.0265. The zero-order valence-corrected chi connectivity index (χ0v) is 10.7. The number of rotatable bonds is 5. The van der Waals surface area contributed by atoms with Crippen molar-refractivity contribution >= 4 is 11.9 Å². The number of nitrogens with one attached hydrogen (secondary N) is 1. The van der Waals surface area contributed by atoms with E-state index in [1.807, 2.05) is 0 Å². The molecule has 1 aromatic rings. The van der Waals surface area contributed by atoms with E-state index >= 15 is 0 Å². The van der Waals surface area contributed by atoms with E-state index in [9.17, 15) is 4.79 Å². The van der Waals surface area contributed by atoms with Gasteiger partial charge in [-0.3, -0.25) is 0 Å². The van der Waals surface area contributed by atoms with Crippen LogP contribution in [0.2, 0.25) is 0 Å². The number of carboxylic acid groups (broad SMARTS) is 1. The van der Waals surface area contributed by atoms with Crippen LogP contribution in [0.3, 0.4) is 0 Å². The van der Waals surface area contributed by atoms with Crippen LogP contribution < -0.4 is 5.32 Å². The van der Waals surface area contributed by atoms with Gasteiger partial charge in [0.1, 0.15) is 0 Å². The van der Waals surface area contributed by atoms with Crippen molar-refractivity contribution in [2.75, 3.05) is 5.32 Å². The minimum Gasteiger partial charge on any atom is -0.477 e. The highest BCUT2D eigenvalue weighted by atomic mass is 16.4. The van der Waals surface area contributed by atoms with Gasteiger partial charge in [-0.15, -0.1) is 0 Å². The second-order valence-corrected chi connectivity index (χ2v) is 4.43. The van der Waals surface area contributed by atoms with Gasteiger partial charge < -0.3 is 10.4 Å². The maximum Gasteiger partial charge on any atom is 0.354 e. The van der Waals surface area contributed by atoms with Gasteiger partial charge in [0.2, 0.25) is 5.95 Å². The van der Waals surface area contributed by atoms with Crippen molar-refractivity contribution < 1.29 is 9.90 Å². The standard InChI is InChI=1S/C12H19N3O2/c1-5-9(7(2)3)14-12-13-8(4)6-10(15-12)11(16)17/h6-7,9H,5H2,1-4H3,(H,16,17)(H,13,14,15). The van der Waals surface area contributed by atoms with E-state index in [-0.39, 0.29) is 11.7 Å². The molecule has 5 heteroatoms. The summed E-state index contributed by atoms with van der Waals surface area (Å²) in [4.78, 5) is 19.1. The molecule has 0 saturated heterocycles. The van der Waals surface area contributed by atoms with Gasteiger partial charge in [0, 0.05) is 11.7 Å². The summed E-state index contributed by atoms with van der Waals surface area (Å²) in [6, 6.07) is 1.71. The van der Waals surface area contributed by atoms with Crippen molar-refractivity contribution in [1.82, 2.24) is 9.97 Å². The number of aromatic carboxylic acids is 1. The van der Waals surface area contributed by atoms with Gasteiger partial charge in [0.05, 0.1) is 0 Å². The van der Waals surface area contributed by atoms with Crippen LogP contribution in [0.1, 0.15) is 43.4 Å². The van der Waals surface area contributed by atoms with Crippen molar-refractivity contribution in [3.8, 4) is 0 Å². The number of nitrogens with zero attached hydrogens (tertiary/aromatic N) is 2. The quantitative estimate of drug-likeness (QED) is 0.822. The fraction of sp³-hybridized carbons (Fsp3) is 0.583. The predicted octanol–water partition coefficient (Wildman–Crippen LogP) is 2.33. The lowest BCUT2D eigenvalue weighted by Gasteiger charge is -2.20. The molecule has 0 aliphatic heterocycles. The third-order valence-corrected chi connectivity index (χ3v) is 2.63. The molecule has 0 aliphatic carbocycles. The molecular formula is C12H19N3O2. The monoisotopic (exact) mass is 237 g/mol. The Morgan fingerprint density at radius 2 is 2.12 bits per heavy atom. The molecule has 0 aromatic carbocycles. The number of anilines is 1. The van der Waals surface area contributed by atoms with Crippen LogP contribution in [-0.4, -0.2) is 27.1 Å². The number of carbonyl (C=O) groups is 1. The maximum atomic E-state index is 10.9. The lowest BCUT2D eigenvalue weighted by Crippen LogP contribution is -2.26. The first kappa shape index (κ1) is 13.4. The second-order valence-electron chi connectivity index (χ2n) is 4.43. The molecule has 1 aromatic heterocycles. The van der Waals surface area contributed by atoms with Crippen LogP contribution in [-0.2, 0) is 0 Å². The molecule has 94 valence electrons. The first-order chi connectivity index (χ1) is 7.93.